The van der Waals surface area contributed by atoms with Gasteiger partial charge in [-0.2, -0.15) is 0 Å². The highest BCUT2D eigenvalue weighted by Crippen LogP contribution is 2.28. The average Bonchev–Trinajstić information content (AvgIpc) is 3.02. The molecule has 1 aromatic heterocycles. The fraction of sp³-hybridized carbons (Fsp3) is 0.421. The monoisotopic (exact) mass is 373 g/mol. The molecule has 3 rings (SSSR count). The summed E-state index contributed by atoms with van der Waals surface area (Å²) in [6, 6.07) is 8.12. The summed E-state index contributed by atoms with van der Waals surface area (Å²) in [5.41, 5.74) is 3.19. The zero-order valence-electron chi connectivity index (χ0n) is 15.2. The molecule has 7 heteroatoms. The maximum absolute atomic E-state index is 12.3. The van der Waals surface area contributed by atoms with E-state index in [9.17, 15) is 9.59 Å². The largest absolute Gasteiger partial charge is 0.453 e. The van der Waals surface area contributed by atoms with Gasteiger partial charge in [-0.1, -0.05) is 49.4 Å². The molecule has 0 atom stereocenters. The lowest BCUT2D eigenvalue weighted by Crippen LogP contribution is -2.35. The van der Waals surface area contributed by atoms with Crippen LogP contribution in [0.5, 0.6) is 0 Å². The summed E-state index contributed by atoms with van der Waals surface area (Å²) in [6.07, 6.45) is 0.657. The van der Waals surface area contributed by atoms with Crippen LogP contribution >= 0.6 is 11.3 Å². The number of nitrogens with zero attached hydrogens (tertiary/aromatic N) is 2. The molecule has 2 heterocycles. The maximum Gasteiger partial charge on any atom is 0.409 e. The van der Waals surface area contributed by atoms with E-state index in [0.717, 1.165) is 16.1 Å². The molecule has 0 fully saturated rings. The SMILES string of the molecule is COC(=O)N1CCc2nc(NC(=O)Cc3ccc(C(C)C)cc3)sc2C1. The van der Waals surface area contributed by atoms with Gasteiger partial charge in [0.1, 0.15) is 0 Å². The van der Waals surface area contributed by atoms with Crippen molar-refractivity contribution in [1.29, 1.82) is 0 Å². The standard InChI is InChI=1S/C19H23N3O3S/c1-12(2)14-6-4-13(5-7-14)10-17(23)21-18-20-15-8-9-22(19(24)25-3)11-16(15)26-18/h4-7,12H,8-11H2,1-3H3,(H,20,21,23). The Labute approximate surface area is 157 Å². The number of methoxy groups -OCH3 is 1. The van der Waals surface area contributed by atoms with Crippen molar-refractivity contribution < 1.29 is 14.3 Å². The Morgan fingerprint density at radius 1 is 1.31 bits per heavy atom. The van der Waals surface area contributed by atoms with Crippen molar-refractivity contribution in [3.63, 3.8) is 0 Å². The van der Waals surface area contributed by atoms with E-state index in [-0.39, 0.29) is 12.0 Å². The van der Waals surface area contributed by atoms with Crippen molar-refractivity contribution in [2.75, 3.05) is 19.0 Å². The molecule has 2 aromatic rings. The number of benzene rings is 1. The highest BCUT2D eigenvalue weighted by Gasteiger charge is 2.24. The van der Waals surface area contributed by atoms with Gasteiger partial charge in [0.15, 0.2) is 5.13 Å². The summed E-state index contributed by atoms with van der Waals surface area (Å²) < 4.78 is 4.77. The van der Waals surface area contributed by atoms with Gasteiger partial charge in [0.2, 0.25) is 5.91 Å². The lowest BCUT2D eigenvalue weighted by atomic mass is 10.0. The number of carbonyl (C=O) groups excluding carboxylic acids is 2. The molecule has 6 nitrogen and oxygen atoms in total. The first-order valence-electron chi connectivity index (χ1n) is 8.66. The van der Waals surface area contributed by atoms with Gasteiger partial charge in [0, 0.05) is 17.8 Å². The Bertz CT molecular complexity index is 799. The van der Waals surface area contributed by atoms with E-state index in [1.165, 1.54) is 24.0 Å². The van der Waals surface area contributed by atoms with Crippen molar-refractivity contribution in [3.05, 3.63) is 46.0 Å². The second-order valence-electron chi connectivity index (χ2n) is 6.65. The van der Waals surface area contributed by atoms with Gasteiger partial charge < -0.3 is 15.0 Å². The van der Waals surface area contributed by atoms with Crippen LogP contribution in [0.2, 0.25) is 0 Å². The van der Waals surface area contributed by atoms with Crippen LogP contribution in [0, 0.1) is 0 Å². The molecule has 1 aliphatic heterocycles. The number of thiazole rings is 1. The van der Waals surface area contributed by atoms with E-state index in [0.29, 0.717) is 37.0 Å². The fourth-order valence-electron chi connectivity index (χ4n) is 2.90. The van der Waals surface area contributed by atoms with Gasteiger partial charge in [-0.25, -0.2) is 9.78 Å². The molecule has 0 unspecified atom stereocenters. The van der Waals surface area contributed by atoms with Crippen LogP contribution in [0.15, 0.2) is 24.3 Å². The molecule has 1 N–H and O–H groups in total. The number of nitrogens with one attached hydrogen (secondary N) is 1. The van der Waals surface area contributed by atoms with Crippen molar-refractivity contribution >= 4 is 28.5 Å². The fourth-order valence-corrected chi connectivity index (χ4v) is 3.94. The van der Waals surface area contributed by atoms with Crippen LogP contribution in [0.25, 0.3) is 0 Å². The summed E-state index contributed by atoms with van der Waals surface area (Å²) >= 11 is 1.42. The number of hydrogen-bond acceptors (Lipinski definition) is 5. The van der Waals surface area contributed by atoms with Crippen molar-refractivity contribution in [2.24, 2.45) is 0 Å². The summed E-state index contributed by atoms with van der Waals surface area (Å²) in [5, 5.41) is 3.47. The summed E-state index contributed by atoms with van der Waals surface area (Å²) in [6.45, 7) is 5.35. The van der Waals surface area contributed by atoms with E-state index in [4.69, 9.17) is 4.74 Å². The van der Waals surface area contributed by atoms with Gasteiger partial charge in [-0.05, 0) is 17.0 Å². The third-order valence-corrected chi connectivity index (χ3v) is 5.42. The summed E-state index contributed by atoms with van der Waals surface area (Å²) in [7, 11) is 1.38. The van der Waals surface area contributed by atoms with Gasteiger partial charge >= 0.3 is 6.09 Å². The predicted octanol–water partition coefficient (Wildman–Crippen LogP) is 3.57. The lowest BCUT2D eigenvalue weighted by Gasteiger charge is -2.24. The highest BCUT2D eigenvalue weighted by molar-refractivity contribution is 7.15. The van der Waals surface area contributed by atoms with Gasteiger partial charge in [0.05, 0.1) is 25.8 Å². The third kappa shape index (κ3) is 4.22. The first kappa shape index (κ1) is 18.4. The summed E-state index contributed by atoms with van der Waals surface area (Å²) in [5.74, 6) is 0.391. The molecule has 0 aliphatic carbocycles. The lowest BCUT2D eigenvalue weighted by molar-refractivity contribution is -0.115. The number of aromatic nitrogens is 1. The second kappa shape index (κ2) is 7.86. The Balaban J connectivity index is 1.60. The molecule has 0 bridgehead atoms. The zero-order chi connectivity index (χ0) is 18.7. The second-order valence-corrected chi connectivity index (χ2v) is 7.74. The Morgan fingerprint density at radius 3 is 2.69 bits per heavy atom. The van der Waals surface area contributed by atoms with Gasteiger partial charge in [-0.15, -0.1) is 0 Å². The number of rotatable bonds is 4. The summed E-state index contributed by atoms with van der Waals surface area (Å²) in [4.78, 5) is 31.1. The molecule has 138 valence electrons. The molecule has 0 saturated carbocycles. The minimum Gasteiger partial charge on any atom is -0.453 e. The topological polar surface area (TPSA) is 71.5 Å². The minimum absolute atomic E-state index is 0.0850. The first-order valence-corrected chi connectivity index (χ1v) is 9.48. The third-order valence-electron chi connectivity index (χ3n) is 4.42. The van der Waals surface area contributed by atoms with Crippen molar-refractivity contribution in [1.82, 2.24) is 9.88 Å². The van der Waals surface area contributed by atoms with Crippen LogP contribution < -0.4 is 5.32 Å². The molecule has 0 saturated heterocycles. The van der Waals surface area contributed by atoms with Crippen LogP contribution in [0.1, 0.15) is 41.5 Å². The van der Waals surface area contributed by atoms with Crippen LogP contribution in [0.3, 0.4) is 0 Å². The predicted molar refractivity (Wildman–Crippen MR) is 101 cm³/mol. The molecule has 26 heavy (non-hydrogen) atoms. The normalized spacial score (nSPS) is 13.5. The van der Waals surface area contributed by atoms with E-state index in [2.05, 4.69) is 36.3 Å². The number of amides is 2. The number of fused-ring (bicyclic) bond motifs is 1. The quantitative estimate of drug-likeness (QED) is 0.889. The van der Waals surface area contributed by atoms with E-state index >= 15 is 0 Å². The first-order chi connectivity index (χ1) is 12.5. The Kier molecular flexibility index (Phi) is 5.56. The zero-order valence-corrected chi connectivity index (χ0v) is 16.1. The number of ether oxygens (including phenoxy) is 1. The van der Waals surface area contributed by atoms with E-state index < -0.39 is 0 Å². The van der Waals surface area contributed by atoms with Crippen molar-refractivity contribution in [2.45, 2.75) is 39.2 Å². The number of anilines is 1. The molecule has 0 radical (unpaired) electrons. The molecule has 0 spiro atoms. The van der Waals surface area contributed by atoms with Gasteiger partial charge in [0.25, 0.3) is 0 Å². The molecule has 2 amide bonds. The average molecular weight is 373 g/mol. The Hall–Kier alpha value is -2.41. The number of carbonyl (C=O) groups is 2. The van der Waals surface area contributed by atoms with Crippen molar-refractivity contribution in [3.8, 4) is 0 Å². The molecule has 1 aliphatic rings. The van der Waals surface area contributed by atoms with E-state index in [1.807, 2.05) is 12.1 Å². The molecule has 1 aromatic carbocycles. The molecular formula is C19H23N3O3S. The van der Waals surface area contributed by atoms with Crippen LogP contribution in [-0.2, 0) is 28.9 Å². The smallest absolute Gasteiger partial charge is 0.409 e. The minimum atomic E-state index is -0.334. The number of hydrogen-bond donors (Lipinski definition) is 1. The maximum atomic E-state index is 12.3. The van der Waals surface area contributed by atoms with Crippen LogP contribution in [-0.4, -0.2) is 35.5 Å². The molecular weight excluding hydrogens is 350 g/mol. The highest BCUT2D eigenvalue weighted by atomic mass is 32.1. The van der Waals surface area contributed by atoms with Crippen LogP contribution in [0.4, 0.5) is 9.93 Å². The van der Waals surface area contributed by atoms with Gasteiger partial charge in [-0.3, -0.25) is 4.79 Å². The van der Waals surface area contributed by atoms with E-state index in [1.54, 1.807) is 4.90 Å². The Morgan fingerprint density at radius 2 is 2.04 bits per heavy atom.